The van der Waals surface area contributed by atoms with Crippen molar-refractivity contribution in [2.24, 2.45) is 5.84 Å². The average Bonchev–Trinajstić information content (AvgIpc) is 2.24. The number of amides is 1. The lowest BCUT2D eigenvalue weighted by Crippen LogP contribution is -2.31. The average molecular weight is 273 g/mol. The molecule has 0 saturated heterocycles. The van der Waals surface area contributed by atoms with E-state index in [2.05, 4.69) is 21.4 Å². The highest BCUT2D eigenvalue weighted by Gasteiger charge is 2.17. The molecule has 1 aromatic rings. The van der Waals surface area contributed by atoms with Gasteiger partial charge in [-0.1, -0.05) is 15.9 Å². The topological polar surface area (TPSA) is 64.3 Å². The van der Waals surface area contributed by atoms with E-state index in [0.717, 1.165) is 15.6 Å². The Bertz CT molecular complexity index is 405. The number of nitrogen functional groups attached to an aromatic ring is 1. The van der Waals surface area contributed by atoms with Crippen molar-refractivity contribution >= 4 is 21.8 Å². The molecule has 0 aliphatic heterocycles. The van der Waals surface area contributed by atoms with E-state index >= 15 is 0 Å². The Morgan fingerprint density at radius 2 is 2.13 bits per heavy atom. The van der Waals surface area contributed by atoms with Gasteiger partial charge in [0.25, 0.3) is 5.91 Å². The molecular formula is C10H13BrN2O2. The van der Waals surface area contributed by atoms with Gasteiger partial charge < -0.3 is 4.74 Å². The molecule has 3 N–H and O–H groups in total. The minimum Gasteiger partial charge on any atom is -0.496 e. The van der Waals surface area contributed by atoms with Crippen LogP contribution in [0.4, 0.5) is 0 Å². The van der Waals surface area contributed by atoms with Crippen molar-refractivity contribution in [2.45, 2.75) is 13.8 Å². The normalized spacial score (nSPS) is 9.93. The monoisotopic (exact) mass is 272 g/mol. The van der Waals surface area contributed by atoms with E-state index in [1.54, 1.807) is 6.07 Å². The van der Waals surface area contributed by atoms with Gasteiger partial charge >= 0.3 is 0 Å². The first-order valence-corrected chi connectivity index (χ1v) is 5.16. The van der Waals surface area contributed by atoms with Gasteiger partial charge in [0.1, 0.15) is 5.75 Å². The standard InChI is InChI=1S/C10H13BrN2O2/c1-5-4-7(15-3)8(10(14)13-12)6(2)9(5)11/h4H,12H2,1-3H3,(H,13,14). The van der Waals surface area contributed by atoms with Crippen molar-refractivity contribution in [1.29, 1.82) is 0 Å². The SMILES string of the molecule is COc1cc(C)c(Br)c(C)c1C(=O)NN. The summed E-state index contributed by atoms with van der Waals surface area (Å²) in [4.78, 5) is 11.5. The van der Waals surface area contributed by atoms with E-state index in [4.69, 9.17) is 10.6 Å². The van der Waals surface area contributed by atoms with Gasteiger partial charge in [-0.05, 0) is 31.0 Å². The Hall–Kier alpha value is -1.07. The molecule has 0 aromatic heterocycles. The van der Waals surface area contributed by atoms with Crippen molar-refractivity contribution in [3.05, 3.63) is 27.2 Å². The number of nitrogens with two attached hydrogens (primary N) is 1. The van der Waals surface area contributed by atoms with Gasteiger partial charge in [-0.15, -0.1) is 0 Å². The second-order valence-corrected chi connectivity index (χ2v) is 3.98. The van der Waals surface area contributed by atoms with Crippen LogP contribution in [0.25, 0.3) is 0 Å². The number of hydrazine groups is 1. The summed E-state index contributed by atoms with van der Waals surface area (Å²) in [5.74, 6) is 5.28. The van der Waals surface area contributed by atoms with Crippen molar-refractivity contribution in [3.63, 3.8) is 0 Å². The molecule has 5 heteroatoms. The molecule has 0 bridgehead atoms. The third-order valence-corrected chi connectivity index (χ3v) is 3.44. The summed E-state index contributed by atoms with van der Waals surface area (Å²) in [7, 11) is 1.52. The highest BCUT2D eigenvalue weighted by Crippen LogP contribution is 2.31. The molecule has 4 nitrogen and oxygen atoms in total. The maximum Gasteiger partial charge on any atom is 0.269 e. The predicted molar refractivity (Wildman–Crippen MR) is 61.8 cm³/mol. The van der Waals surface area contributed by atoms with Gasteiger partial charge in [0.2, 0.25) is 0 Å². The first-order valence-electron chi connectivity index (χ1n) is 4.37. The Morgan fingerprint density at radius 3 is 2.60 bits per heavy atom. The van der Waals surface area contributed by atoms with E-state index in [1.165, 1.54) is 7.11 Å². The van der Waals surface area contributed by atoms with Crippen LogP contribution in [0.2, 0.25) is 0 Å². The van der Waals surface area contributed by atoms with Gasteiger partial charge in [-0.3, -0.25) is 10.2 Å². The quantitative estimate of drug-likeness (QED) is 0.489. The Kier molecular flexibility index (Phi) is 3.71. The van der Waals surface area contributed by atoms with Gasteiger partial charge in [-0.2, -0.15) is 0 Å². The molecule has 0 unspecified atom stereocenters. The first kappa shape index (κ1) is 12.0. The van der Waals surface area contributed by atoms with Crippen molar-refractivity contribution in [1.82, 2.24) is 5.43 Å². The summed E-state index contributed by atoms with van der Waals surface area (Å²) in [5.41, 5.74) is 4.39. The summed E-state index contributed by atoms with van der Waals surface area (Å²) < 4.78 is 6.04. The van der Waals surface area contributed by atoms with Crippen LogP contribution in [-0.4, -0.2) is 13.0 Å². The number of rotatable bonds is 2. The number of nitrogens with one attached hydrogen (secondary N) is 1. The molecule has 0 saturated carbocycles. The molecule has 0 spiro atoms. The van der Waals surface area contributed by atoms with E-state index in [9.17, 15) is 4.79 Å². The number of hydrogen-bond donors (Lipinski definition) is 2. The number of hydrogen-bond acceptors (Lipinski definition) is 3. The second-order valence-electron chi connectivity index (χ2n) is 3.18. The fourth-order valence-corrected chi connectivity index (χ4v) is 1.75. The minimum absolute atomic E-state index is 0.356. The van der Waals surface area contributed by atoms with Crippen LogP contribution in [0, 0.1) is 13.8 Å². The molecule has 1 rings (SSSR count). The molecule has 82 valence electrons. The van der Waals surface area contributed by atoms with Gasteiger partial charge in [0.05, 0.1) is 12.7 Å². The number of carbonyl (C=O) groups excluding carboxylic acids is 1. The number of methoxy groups -OCH3 is 1. The summed E-state index contributed by atoms with van der Waals surface area (Å²) in [5, 5.41) is 0. The Morgan fingerprint density at radius 1 is 1.53 bits per heavy atom. The van der Waals surface area contributed by atoms with Crippen LogP contribution < -0.4 is 16.0 Å². The number of aryl methyl sites for hydroxylation is 1. The first-order chi connectivity index (χ1) is 7.02. The van der Waals surface area contributed by atoms with Crippen LogP contribution in [0.3, 0.4) is 0 Å². The van der Waals surface area contributed by atoms with Crippen LogP contribution in [-0.2, 0) is 0 Å². The summed E-state index contributed by atoms with van der Waals surface area (Å²) in [6, 6.07) is 1.79. The van der Waals surface area contributed by atoms with Gasteiger partial charge in [0, 0.05) is 4.47 Å². The van der Waals surface area contributed by atoms with Crippen LogP contribution in [0.15, 0.2) is 10.5 Å². The minimum atomic E-state index is -0.356. The zero-order valence-electron chi connectivity index (χ0n) is 8.85. The Balaban J connectivity index is 3.47. The third-order valence-electron chi connectivity index (χ3n) is 2.22. The number of carbonyl (C=O) groups is 1. The lowest BCUT2D eigenvalue weighted by molar-refractivity contribution is 0.0950. The number of halogens is 1. The van der Waals surface area contributed by atoms with E-state index in [-0.39, 0.29) is 5.91 Å². The highest BCUT2D eigenvalue weighted by atomic mass is 79.9. The lowest BCUT2D eigenvalue weighted by Gasteiger charge is -2.13. The molecule has 0 aliphatic carbocycles. The fraction of sp³-hybridized carbons (Fsp3) is 0.300. The van der Waals surface area contributed by atoms with Gasteiger partial charge in [-0.25, -0.2) is 5.84 Å². The smallest absolute Gasteiger partial charge is 0.269 e. The van der Waals surface area contributed by atoms with Crippen molar-refractivity contribution in [3.8, 4) is 5.75 Å². The van der Waals surface area contributed by atoms with E-state index in [0.29, 0.717) is 11.3 Å². The molecule has 0 atom stereocenters. The second kappa shape index (κ2) is 4.63. The third kappa shape index (κ3) is 2.13. The fourth-order valence-electron chi connectivity index (χ4n) is 1.44. The number of benzene rings is 1. The Labute approximate surface area is 96.9 Å². The van der Waals surface area contributed by atoms with E-state index < -0.39 is 0 Å². The van der Waals surface area contributed by atoms with Gasteiger partial charge in [0.15, 0.2) is 0 Å². The zero-order chi connectivity index (χ0) is 11.6. The zero-order valence-corrected chi connectivity index (χ0v) is 10.4. The summed E-state index contributed by atoms with van der Waals surface area (Å²) >= 11 is 3.41. The molecule has 0 radical (unpaired) electrons. The maximum atomic E-state index is 11.5. The molecular weight excluding hydrogens is 260 g/mol. The molecule has 0 fully saturated rings. The van der Waals surface area contributed by atoms with Crippen molar-refractivity contribution in [2.75, 3.05) is 7.11 Å². The summed E-state index contributed by atoms with van der Waals surface area (Å²) in [6.07, 6.45) is 0. The molecule has 0 heterocycles. The molecule has 15 heavy (non-hydrogen) atoms. The largest absolute Gasteiger partial charge is 0.496 e. The highest BCUT2D eigenvalue weighted by molar-refractivity contribution is 9.10. The van der Waals surface area contributed by atoms with Crippen LogP contribution in [0.1, 0.15) is 21.5 Å². The molecule has 1 amide bonds. The number of ether oxygens (including phenoxy) is 1. The predicted octanol–water partition coefficient (Wildman–Crippen LogP) is 1.68. The van der Waals surface area contributed by atoms with E-state index in [1.807, 2.05) is 13.8 Å². The molecule has 1 aromatic carbocycles. The van der Waals surface area contributed by atoms with Crippen LogP contribution in [0.5, 0.6) is 5.75 Å². The molecule has 0 aliphatic rings. The maximum absolute atomic E-state index is 11.5. The lowest BCUT2D eigenvalue weighted by atomic mass is 10.0. The van der Waals surface area contributed by atoms with Crippen molar-refractivity contribution < 1.29 is 9.53 Å². The van der Waals surface area contributed by atoms with Crippen LogP contribution >= 0.6 is 15.9 Å². The summed E-state index contributed by atoms with van der Waals surface area (Å²) in [6.45, 7) is 3.77.